The summed E-state index contributed by atoms with van der Waals surface area (Å²) in [4.78, 5) is 19.3. The molecule has 0 aliphatic carbocycles. The van der Waals surface area contributed by atoms with E-state index < -0.39 is 11.9 Å². The van der Waals surface area contributed by atoms with Gasteiger partial charge in [0.15, 0.2) is 0 Å². The van der Waals surface area contributed by atoms with Crippen molar-refractivity contribution in [2.24, 2.45) is 11.5 Å². The van der Waals surface area contributed by atoms with Crippen LogP contribution in [0.3, 0.4) is 0 Å². The zero-order valence-corrected chi connectivity index (χ0v) is 17.1. The first-order valence-corrected chi connectivity index (χ1v) is 9.93. The van der Waals surface area contributed by atoms with Crippen LogP contribution in [0.4, 0.5) is 0 Å². The molecule has 0 spiro atoms. The minimum atomic E-state index is -1.08. The van der Waals surface area contributed by atoms with Crippen LogP contribution in [0.25, 0.3) is 0 Å². The molecule has 0 aliphatic heterocycles. The second-order valence-electron chi connectivity index (χ2n) is 5.93. The molecule has 10 heteroatoms. The maximum Gasteiger partial charge on any atom is 0.303 e. The molecule has 0 rings (SSSR count). The molecule has 0 fully saturated rings. The Hall–Kier alpha value is -1.30. The monoisotopic (exact) mass is 410 g/mol. The van der Waals surface area contributed by atoms with E-state index in [4.69, 9.17) is 31.9 Å². The van der Waals surface area contributed by atoms with Crippen molar-refractivity contribution in [3.8, 4) is 0 Å². The highest BCUT2D eigenvalue weighted by atomic mass is 16.4. The van der Waals surface area contributed by atoms with E-state index in [1.165, 1.54) is 0 Å². The van der Waals surface area contributed by atoms with Crippen LogP contribution in [-0.4, -0.2) is 84.8 Å². The van der Waals surface area contributed by atoms with Gasteiger partial charge < -0.3 is 42.5 Å². The average Bonchev–Trinajstić information content (AvgIpc) is 2.67. The van der Waals surface area contributed by atoms with Crippen LogP contribution in [0.5, 0.6) is 0 Å². The minimum absolute atomic E-state index is 0.282. The summed E-state index contributed by atoms with van der Waals surface area (Å²) in [5.74, 6) is -2.15. The van der Waals surface area contributed by atoms with E-state index in [0.29, 0.717) is 0 Å². The highest BCUT2D eigenvalue weighted by Crippen LogP contribution is 1.86. The summed E-state index contributed by atoms with van der Waals surface area (Å²) in [5.41, 5.74) is 10.6. The molecular weight excluding hydrogens is 368 g/mol. The molecule has 0 heterocycles. The Labute approximate surface area is 168 Å². The lowest BCUT2D eigenvalue weighted by Crippen LogP contribution is -2.18. The molecule has 0 aromatic carbocycles. The summed E-state index contributed by atoms with van der Waals surface area (Å²) in [6.07, 6.45) is 5.57. The van der Waals surface area contributed by atoms with Gasteiger partial charge >= 0.3 is 11.9 Å². The predicted octanol–water partition coefficient (Wildman–Crippen LogP) is -0.670. The fourth-order valence-electron chi connectivity index (χ4n) is 1.66. The van der Waals surface area contributed by atoms with Crippen molar-refractivity contribution >= 4 is 11.9 Å². The molecule has 0 bridgehead atoms. The average molecular weight is 411 g/mol. The number of rotatable bonds is 17. The third kappa shape index (κ3) is 44.3. The normalized spacial score (nSPS) is 9.71. The maximum atomic E-state index is 9.64. The van der Waals surface area contributed by atoms with Crippen LogP contribution in [0.2, 0.25) is 0 Å². The molecule has 170 valence electrons. The lowest BCUT2D eigenvalue weighted by atomic mass is 10.3. The summed E-state index contributed by atoms with van der Waals surface area (Å²) < 4.78 is 0. The highest BCUT2D eigenvalue weighted by Gasteiger charge is 2.00. The van der Waals surface area contributed by atoms with E-state index in [0.717, 1.165) is 77.8 Å². The van der Waals surface area contributed by atoms with Crippen LogP contribution in [0.15, 0.2) is 0 Å². The van der Waals surface area contributed by atoms with Crippen molar-refractivity contribution in [3.05, 3.63) is 0 Å². The number of carboxylic acid groups (broad SMARTS) is 2. The van der Waals surface area contributed by atoms with Crippen LogP contribution in [-0.2, 0) is 9.59 Å². The van der Waals surface area contributed by atoms with Crippen LogP contribution >= 0.6 is 0 Å². The summed E-state index contributed by atoms with van der Waals surface area (Å²) in [6, 6.07) is 0. The number of hydrogen-bond donors (Lipinski definition) is 8. The fourth-order valence-corrected chi connectivity index (χ4v) is 1.66. The molecule has 10 N–H and O–H groups in total. The van der Waals surface area contributed by atoms with E-state index in [1.54, 1.807) is 0 Å². The predicted molar refractivity (Wildman–Crippen MR) is 110 cm³/mol. The van der Waals surface area contributed by atoms with Crippen molar-refractivity contribution in [2.75, 3.05) is 52.5 Å². The number of carbonyl (C=O) groups is 2. The van der Waals surface area contributed by atoms with E-state index in [2.05, 4.69) is 10.6 Å². The van der Waals surface area contributed by atoms with Gasteiger partial charge in [0, 0.05) is 13.2 Å². The van der Waals surface area contributed by atoms with E-state index in [1.807, 2.05) is 0 Å². The minimum Gasteiger partial charge on any atom is -0.481 e. The van der Waals surface area contributed by atoms with Crippen molar-refractivity contribution in [1.82, 2.24) is 10.6 Å². The molecule has 10 nitrogen and oxygen atoms in total. The molecule has 0 amide bonds. The second kappa shape index (κ2) is 30.4. The number of unbranched alkanes of at least 4 members (excludes halogenated alkanes) is 2. The highest BCUT2D eigenvalue weighted by molar-refractivity contribution is 5.75. The largest absolute Gasteiger partial charge is 0.481 e. The summed E-state index contributed by atoms with van der Waals surface area (Å²) in [7, 11) is 0. The molecule has 0 aliphatic rings. The first-order chi connectivity index (χ1) is 13.5. The number of nitrogens with two attached hydrogens (primary N) is 2. The van der Waals surface area contributed by atoms with Gasteiger partial charge in [0.1, 0.15) is 0 Å². The number of aliphatic hydroxyl groups is 2. The molecule has 0 aromatic rings. The Bertz CT molecular complexity index is 276. The molecule has 0 unspecified atom stereocenters. The van der Waals surface area contributed by atoms with E-state index in [9.17, 15) is 9.59 Å². The maximum absolute atomic E-state index is 9.64. The Morgan fingerprint density at radius 1 is 0.607 bits per heavy atom. The second-order valence-corrected chi connectivity index (χ2v) is 5.93. The lowest BCUT2D eigenvalue weighted by Gasteiger charge is -2.00. The van der Waals surface area contributed by atoms with Crippen molar-refractivity contribution in [2.45, 2.75) is 51.4 Å². The molecule has 0 radical (unpaired) electrons. The van der Waals surface area contributed by atoms with Crippen LogP contribution in [0.1, 0.15) is 51.4 Å². The molecule has 28 heavy (non-hydrogen) atoms. The molecule has 0 atom stereocenters. The lowest BCUT2D eigenvalue weighted by molar-refractivity contribution is -0.143. The Balaban J connectivity index is -0.000000337. The third-order valence-corrected chi connectivity index (χ3v) is 3.19. The van der Waals surface area contributed by atoms with Crippen LogP contribution in [0, 0.1) is 0 Å². The van der Waals surface area contributed by atoms with Gasteiger partial charge in [-0.05, 0) is 77.8 Å². The number of nitrogens with one attached hydrogen (secondary N) is 2. The van der Waals surface area contributed by atoms with E-state index in [-0.39, 0.29) is 26.1 Å². The smallest absolute Gasteiger partial charge is 0.303 e. The van der Waals surface area contributed by atoms with Gasteiger partial charge in [-0.2, -0.15) is 0 Å². The SMILES string of the molecule is NCCCCNCCCO.NCCCCNCCCO.O=C(O)CCC(=O)O. The third-order valence-electron chi connectivity index (χ3n) is 3.19. The van der Waals surface area contributed by atoms with Gasteiger partial charge in [-0.15, -0.1) is 0 Å². The first kappa shape index (κ1) is 31.4. The molecule has 0 saturated carbocycles. The summed E-state index contributed by atoms with van der Waals surface area (Å²) >= 11 is 0. The fraction of sp³-hybridized carbons (Fsp3) is 0.889. The van der Waals surface area contributed by atoms with Crippen molar-refractivity contribution in [1.29, 1.82) is 0 Å². The molecule has 0 saturated heterocycles. The van der Waals surface area contributed by atoms with Gasteiger partial charge in [0.05, 0.1) is 12.8 Å². The first-order valence-electron chi connectivity index (χ1n) is 9.93. The number of aliphatic carboxylic acids is 2. The van der Waals surface area contributed by atoms with Gasteiger partial charge in [-0.3, -0.25) is 9.59 Å². The zero-order valence-electron chi connectivity index (χ0n) is 17.1. The van der Waals surface area contributed by atoms with E-state index >= 15 is 0 Å². The van der Waals surface area contributed by atoms with Gasteiger partial charge in [0.2, 0.25) is 0 Å². The quantitative estimate of drug-likeness (QED) is 0.143. The van der Waals surface area contributed by atoms with Gasteiger partial charge in [-0.25, -0.2) is 0 Å². The van der Waals surface area contributed by atoms with Gasteiger partial charge in [-0.1, -0.05) is 0 Å². The molecule has 0 aromatic heterocycles. The standard InChI is InChI=1S/2C7H18N2O.C4H6O4/c2*8-4-1-2-5-9-6-3-7-10;5-3(6)1-2-4(7)8/h2*9-10H,1-8H2;1-2H2,(H,5,6)(H,7,8). The Morgan fingerprint density at radius 3 is 1.18 bits per heavy atom. The molecular formula is C18H42N4O6. The summed E-state index contributed by atoms with van der Waals surface area (Å²) in [6.45, 7) is 6.01. The topological polar surface area (TPSA) is 191 Å². The number of carboxylic acids is 2. The Kier molecular flexibility index (Phi) is 34.1. The number of aliphatic hydroxyl groups excluding tert-OH is 2. The zero-order chi connectivity index (χ0) is 21.9. The van der Waals surface area contributed by atoms with Gasteiger partial charge in [0.25, 0.3) is 0 Å². The number of hydrogen-bond acceptors (Lipinski definition) is 8. The summed E-state index contributed by atoms with van der Waals surface area (Å²) in [5, 5.41) is 39.0. The Morgan fingerprint density at radius 2 is 0.929 bits per heavy atom. The van der Waals surface area contributed by atoms with Crippen molar-refractivity contribution < 1.29 is 30.0 Å². The van der Waals surface area contributed by atoms with Crippen molar-refractivity contribution in [3.63, 3.8) is 0 Å². The van der Waals surface area contributed by atoms with Crippen LogP contribution < -0.4 is 22.1 Å².